The number of aromatic nitrogens is 1. The Bertz CT molecular complexity index is 598. The van der Waals surface area contributed by atoms with Crippen molar-refractivity contribution in [1.29, 1.82) is 0 Å². The molecule has 0 unspecified atom stereocenters. The van der Waals surface area contributed by atoms with Gasteiger partial charge in [-0.05, 0) is 30.9 Å². The number of aryl methyl sites for hydroxylation is 1. The van der Waals surface area contributed by atoms with Crippen molar-refractivity contribution in [1.82, 2.24) is 4.57 Å². The Morgan fingerprint density at radius 1 is 1.41 bits per heavy atom. The van der Waals surface area contributed by atoms with Crippen molar-refractivity contribution in [3.63, 3.8) is 0 Å². The van der Waals surface area contributed by atoms with Crippen molar-refractivity contribution in [2.75, 3.05) is 0 Å². The Morgan fingerprint density at radius 2 is 2.18 bits per heavy atom. The number of hydrogen-bond acceptors (Lipinski definition) is 1. The van der Waals surface area contributed by atoms with E-state index in [4.69, 9.17) is 5.11 Å². The first-order chi connectivity index (χ1) is 8.18. The van der Waals surface area contributed by atoms with Crippen LogP contribution in [0.5, 0.6) is 0 Å². The predicted molar refractivity (Wildman–Crippen MR) is 66.1 cm³/mol. The van der Waals surface area contributed by atoms with Crippen LogP contribution in [0, 0.1) is 5.92 Å². The lowest BCUT2D eigenvalue weighted by Crippen LogP contribution is -2.22. The Hall–Kier alpha value is -1.77. The smallest absolute Gasteiger partial charge is 0.306 e. The molecule has 0 saturated heterocycles. The number of hydrogen-bond donors (Lipinski definition) is 1. The Balaban J connectivity index is 2.18. The Kier molecular flexibility index (Phi) is 2.21. The third kappa shape index (κ3) is 1.46. The van der Waals surface area contributed by atoms with E-state index >= 15 is 0 Å². The highest BCUT2D eigenvalue weighted by atomic mass is 16.4. The molecule has 1 atom stereocenters. The van der Waals surface area contributed by atoms with Gasteiger partial charge in [0.15, 0.2) is 0 Å². The average Bonchev–Trinajstić information content (AvgIpc) is 2.64. The number of carboxylic acid groups (broad SMARTS) is 1. The molecule has 0 aliphatic heterocycles. The van der Waals surface area contributed by atoms with Crippen molar-refractivity contribution in [3.05, 3.63) is 35.5 Å². The van der Waals surface area contributed by atoms with E-state index in [1.165, 1.54) is 22.2 Å². The summed E-state index contributed by atoms with van der Waals surface area (Å²) in [6.45, 7) is 0. The van der Waals surface area contributed by atoms with Gasteiger partial charge in [-0.3, -0.25) is 4.79 Å². The van der Waals surface area contributed by atoms with Crippen molar-refractivity contribution in [3.8, 4) is 0 Å². The maximum atomic E-state index is 11.1. The molecule has 0 amide bonds. The lowest BCUT2D eigenvalue weighted by molar-refractivity contribution is -0.142. The zero-order chi connectivity index (χ0) is 12.0. The summed E-state index contributed by atoms with van der Waals surface area (Å²) in [5, 5.41) is 10.4. The number of benzene rings is 1. The van der Waals surface area contributed by atoms with Crippen LogP contribution in [-0.2, 0) is 24.7 Å². The minimum absolute atomic E-state index is 0.215. The second kappa shape index (κ2) is 3.62. The molecular formula is C14H15NO2. The number of para-hydroxylation sites is 1. The van der Waals surface area contributed by atoms with E-state index in [0.29, 0.717) is 6.42 Å². The summed E-state index contributed by atoms with van der Waals surface area (Å²) >= 11 is 0. The van der Waals surface area contributed by atoms with Crippen LogP contribution in [0.15, 0.2) is 24.3 Å². The summed E-state index contributed by atoms with van der Waals surface area (Å²) in [4.78, 5) is 11.1. The Labute approximate surface area is 99.7 Å². The molecule has 1 heterocycles. The highest BCUT2D eigenvalue weighted by molar-refractivity contribution is 5.86. The maximum absolute atomic E-state index is 11.1. The molecule has 3 rings (SSSR count). The van der Waals surface area contributed by atoms with Gasteiger partial charge in [0.1, 0.15) is 0 Å². The topological polar surface area (TPSA) is 42.2 Å². The third-order valence-electron chi connectivity index (χ3n) is 3.87. The number of fused-ring (bicyclic) bond motifs is 3. The fraction of sp³-hybridized carbons (Fsp3) is 0.357. The molecule has 2 aromatic rings. The van der Waals surface area contributed by atoms with Crippen LogP contribution >= 0.6 is 0 Å². The van der Waals surface area contributed by atoms with E-state index in [-0.39, 0.29) is 5.92 Å². The van der Waals surface area contributed by atoms with Crippen LogP contribution in [-0.4, -0.2) is 15.6 Å². The molecule has 0 saturated carbocycles. The summed E-state index contributed by atoms with van der Waals surface area (Å²) in [5.74, 6) is -0.878. The monoisotopic (exact) mass is 229 g/mol. The predicted octanol–water partition coefficient (Wildman–Crippen LogP) is 2.37. The van der Waals surface area contributed by atoms with Crippen molar-refractivity contribution in [2.45, 2.75) is 19.3 Å². The van der Waals surface area contributed by atoms with Gasteiger partial charge < -0.3 is 9.67 Å². The zero-order valence-electron chi connectivity index (χ0n) is 9.81. The molecule has 0 radical (unpaired) electrons. The first-order valence-electron chi connectivity index (χ1n) is 5.96. The first kappa shape index (κ1) is 10.4. The molecule has 88 valence electrons. The number of nitrogens with zero attached hydrogens (tertiary/aromatic N) is 1. The van der Waals surface area contributed by atoms with Gasteiger partial charge in [0, 0.05) is 23.6 Å². The summed E-state index contributed by atoms with van der Waals surface area (Å²) in [5.41, 5.74) is 3.76. The lowest BCUT2D eigenvalue weighted by atomic mass is 9.86. The molecule has 3 heteroatoms. The molecule has 0 spiro atoms. The molecule has 3 nitrogen and oxygen atoms in total. The highest BCUT2D eigenvalue weighted by Gasteiger charge is 2.27. The SMILES string of the molecule is Cn1c2c(c3ccccc31)C[C@H](C(=O)O)CC2. The number of aliphatic carboxylic acids is 1. The van der Waals surface area contributed by atoms with Crippen LogP contribution in [0.3, 0.4) is 0 Å². The van der Waals surface area contributed by atoms with Crippen molar-refractivity contribution in [2.24, 2.45) is 13.0 Å². The molecule has 1 aliphatic rings. The zero-order valence-corrected chi connectivity index (χ0v) is 9.81. The fourth-order valence-corrected chi connectivity index (χ4v) is 2.94. The molecule has 1 aromatic heterocycles. The van der Waals surface area contributed by atoms with Gasteiger partial charge in [0.05, 0.1) is 5.92 Å². The van der Waals surface area contributed by atoms with E-state index in [2.05, 4.69) is 23.7 Å². The Morgan fingerprint density at radius 3 is 2.94 bits per heavy atom. The summed E-state index contributed by atoms with van der Waals surface area (Å²) < 4.78 is 2.21. The fourth-order valence-electron chi connectivity index (χ4n) is 2.94. The second-order valence-electron chi connectivity index (χ2n) is 4.78. The third-order valence-corrected chi connectivity index (χ3v) is 3.87. The highest BCUT2D eigenvalue weighted by Crippen LogP contribution is 2.33. The molecular weight excluding hydrogens is 214 g/mol. The van der Waals surface area contributed by atoms with E-state index in [0.717, 1.165) is 12.8 Å². The normalized spacial score (nSPS) is 19.2. The van der Waals surface area contributed by atoms with Crippen LogP contribution in [0.4, 0.5) is 0 Å². The van der Waals surface area contributed by atoms with Gasteiger partial charge >= 0.3 is 5.97 Å². The minimum atomic E-state index is -0.663. The first-order valence-corrected chi connectivity index (χ1v) is 5.96. The quantitative estimate of drug-likeness (QED) is 0.815. The van der Waals surface area contributed by atoms with Crippen LogP contribution < -0.4 is 0 Å². The molecule has 0 bridgehead atoms. The standard InChI is InChI=1S/C14H15NO2/c1-15-12-5-3-2-4-10(12)11-8-9(14(16)17)6-7-13(11)15/h2-5,9H,6-8H2,1H3,(H,16,17)/t9-/m1/s1. The van der Waals surface area contributed by atoms with Gasteiger partial charge in [-0.2, -0.15) is 0 Å². The maximum Gasteiger partial charge on any atom is 0.306 e. The minimum Gasteiger partial charge on any atom is -0.481 e. The van der Waals surface area contributed by atoms with E-state index in [1.54, 1.807) is 0 Å². The summed E-state index contributed by atoms with van der Waals surface area (Å²) in [6, 6.07) is 8.25. The molecule has 0 fully saturated rings. The van der Waals surface area contributed by atoms with Gasteiger partial charge in [0.25, 0.3) is 0 Å². The molecule has 1 aromatic carbocycles. The summed E-state index contributed by atoms with van der Waals surface area (Å²) in [7, 11) is 2.07. The van der Waals surface area contributed by atoms with E-state index < -0.39 is 5.97 Å². The lowest BCUT2D eigenvalue weighted by Gasteiger charge is -2.19. The number of carboxylic acids is 1. The van der Waals surface area contributed by atoms with Gasteiger partial charge in [0.2, 0.25) is 0 Å². The summed E-state index contributed by atoms with van der Waals surface area (Å²) in [6.07, 6.45) is 2.30. The number of carbonyl (C=O) groups is 1. The van der Waals surface area contributed by atoms with E-state index in [1.807, 2.05) is 12.1 Å². The van der Waals surface area contributed by atoms with Gasteiger partial charge in [-0.25, -0.2) is 0 Å². The molecule has 17 heavy (non-hydrogen) atoms. The average molecular weight is 229 g/mol. The second-order valence-corrected chi connectivity index (χ2v) is 4.78. The molecule has 1 N–H and O–H groups in total. The van der Waals surface area contributed by atoms with Crippen molar-refractivity contribution >= 4 is 16.9 Å². The van der Waals surface area contributed by atoms with E-state index in [9.17, 15) is 4.79 Å². The van der Waals surface area contributed by atoms with Crippen LogP contribution in [0.25, 0.3) is 10.9 Å². The molecule has 1 aliphatic carbocycles. The number of rotatable bonds is 1. The van der Waals surface area contributed by atoms with Crippen LogP contribution in [0.2, 0.25) is 0 Å². The van der Waals surface area contributed by atoms with Crippen LogP contribution in [0.1, 0.15) is 17.7 Å². The largest absolute Gasteiger partial charge is 0.481 e. The van der Waals surface area contributed by atoms with Gasteiger partial charge in [-0.15, -0.1) is 0 Å². The van der Waals surface area contributed by atoms with Crippen molar-refractivity contribution < 1.29 is 9.90 Å². The van der Waals surface area contributed by atoms with Gasteiger partial charge in [-0.1, -0.05) is 18.2 Å².